The molecular weight excluding hydrogens is 304 g/mol. The third-order valence-corrected chi connectivity index (χ3v) is 4.22. The summed E-state index contributed by atoms with van der Waals surface area (Å²) in [6, 6.07) is 9.32. The van der Waals surface area contributed by atoms with Gasteiger partial charge in [0.2, 0.25) is 11.9 Å². The molecule has 0 aliphatic carbocycles. The number of nitrogens with zero attached hydrogens (tertiary/aromatic N) is 3. The summed E-state index contributed by atoms with van der Waals surface area (Å²) >= 11 is 0. The first-order chi connectivity index (χ1) is 11.7. The maximum atomic E-state index is 12.6. The van der Waals surface area contributed by atoms with E-state index in [1.807, 2.05) is 37.3 Å². The van der Waals surface area contributed by atoms with Gasteiger partial charge in [-0.1, -0.05) is 12.1 Å². The maximum Gasteiger partial charge on any atom is 0.229 e. The quantitative estimate of drug-likeness (QED) is 0.935. The molecule has 0 bridgehead atoms. The molecule has 2 heterocycles. The number of ether oxygens (including phenoxy) is 1. The number of anilines is 2. The van der Waals surface area contributed by atoms with Crippen LogP contribution in [-0.2, 0) is 4.79 Å². The van der Waals surface area contributed by atoms with Crippen LogP contribution in [0.3, 0.4) is 0 Å². The first kappa shape index (κ1) is 16.2. The third-order valence-electron chi connectivity index (χ3n) is 4.22. The number of methoxy groups -OCH3 is 1. The van der Waals surface area contributed by atoms with Gasteiger partial charge in [0.05, 0.1) is 18.7 Å². The molecule has 6 heteroatoms. The lowest BCUT2D eigenvalue weighted by atomic mass is 9.97. The largest absolute Gasteiger partial charge is 0.495 e. The molecule has 0 saturated carbocycles. The second-order valence-electron chi connectivity index (χ2n) is 5.97. The molecule has 126 valence electrons. The molecule has 1 aliphatic heterocycles. The molecule has 1 aromatic heterocycles. The number of carbonyl (C=O) groups excluding carboxylic acids is 1. The van der Waals surface area contributed by atoms with Crippen molar-refractivity contribution in [3.8, 4) is 5.75 Å². The number of hydrogen-bond acceptors (Lipinski definition) is 5. The number of aromatic nitrogens is 2. The number of benzene rings is 1. The maximum absolute atomic E-state index is 12.6. The average molecular weight is 326 g/mol. The van der Waals surface area contributed by atoms with Gasteiger partial charge in [-0.2, -0.15) is 0 Å². The van der Waals surface area contributed by atoms with Gasteiger partial charge in [-0.05, 0) is 38.0 Å². The second kappa shape index (κ2) is 7.29. The molecule has 2 aromatic rings. The molecule has 6 nitrogen and oxygen atoms in total. The van der Waals surface area contributed by atoms with Crippen molar-refractivity contribution in [2.45, 2.75) is 19.8 Å². The van der Waals surface area contributed by atoms with Gasteiger partial charge in [0.25, 0.3) is 0 Å². The van der Waals surface area contributed by atoms with E-state index in [-0.39, 0.29) is 11.8 Å². The highest BCUT2D eigenvalue weighted by atomic mass is 16.5. The number of nitrogens with one attached hydrogen (secondary N) is 1. The molecule has 1 amide bonds. The van der Waals surface area contributed by atoms with Crippen LogP contribution in [0.15, 0.2) is 36.5 Å². The SMILES string of the molecule is COc1ccccc1NC(=O)C1CCCN(c2nccc(C)n2)C1. The molecular formula is C18H22N4O2. The Morgan fingerprint density at radius 1 is 1.33 bits per heavy atom. The summed E-state index contributed by atoms with van der Waals surface area (Å²) < 4.78 is 5.29. The standard InChI is InChI=1S/C18H22N4O2/c1-13-9-10-19-18(20-13)22-11-5-6-14(12-22)17(23)21-15-7-3-4-8-16(15)24-2/h3-4,7-10,14H,5-6,11-12H2,1-2H3,(H,21,23). The van der Waals surface area contributed by atoms with Crippen LogP contribution >= 0.6 is 0 Å². The van der Waals surface area contributed by atoms with Crippen LogP contribution in [0.2, 0.25) is 0 Å². The Hall–Kier alpha value is -2.63. The molecule has 0 radical (unpaired) electrons. The predicted octanol–water partition coefficient (Wildman–Crippen LogP) is 2.65. The Morgan fingerprint density at radius 3 is 2.96 bits per heavy atom. The minimum Gasteiger partial charge on any atom is -0.495 e. The van der Waals surface area contributed by atoms with E-state index in [2.05, 4.69) is 20.2 Å². The lowest BCUT2D eigenvalue weighted by Crippen LogP contribution is -2.41. The summed E-state index contributed by atoms with van der Waals surface area (Å²) in [4.78, 5) is 23.5. The smallest absolute Gasteiger partial charge is 0.229 e. The number of aryl methyl sites for hydroxylation is 1. The van der Waals surface area contributed by atoms with Gasteiger partial charge in [0.15, 0.2) is 0 Å². The van der Waals surface area contributed by atoms with Crippen molar-refractivity contribution in [3.05, 3.63) is 42.2 Å². The van der Waals surface area contributed by atoms with Crippen molar-refractivity contribution in [2.24, 2.45) is 5.92 Å². The van der Waals surface area contributed by atoms with Gasteiger partial charge in [-0.15, -0.1) is 0 Å². The van der Waals surface area contributed by atoms with Crippen molar-refractivity contribution in [1.29, 1.82) is 0 Å². The van der Waals surface area contributed by atoms with Gasteiger partial charge in [0.1, 0.15) is 5.75 Å². The highest BCUT2D eigenvalue weighted by Gasteiger charge is 2.27. The van der Waals surface area contributed by atoms with Crippen LogP contribution in [0.1, 0.15) is 18.5 Å². The number of carbonyl (C=O) groups is 1. The van der Waals surface area contributed by atoms with Crippen LogP contribution in [0, 0.1) is 12.8 Å². The second-order valence-corrected chi connectivity index (χ2v) is 5.97. The molecule has 1 saturated heterocycles. The van der Waals surface area contributed by atoms with Crippen LogP contribution < -0.4 is 15.0 Å². The van der Waals surface area contributed by atoms with Gasteiger partial charge in [-0.25, -0.2) is 9.97 Å². The minimum atomic E-state index is -0.0900. The van der Waals surface area contributed by atoms with E-state index in [1.54, 1.807) is 13.3 Å². The fraction of sp³-hybridized carbons (Fsp3) is 0.389. The van der Waals surface area contributed by atoms with E-state index in [0.29, 0.717) is 23.9 Å². The number of amides is 1. The van der Waals surface area contributed by atoms with E-state index in [0.717, 1.165) is 25.1 Å². The molecule has 1 atom stereocenters. The summed E-state index contributed by atoms with van der Waals surface area (Å²) in [7, 11) is 1.60. The Bertz CT molecular complexity index is 720. The number of rotatable bonds is 4. The highest BCUT2D eigenvalue weighted by molar-refractivity contribution is 5.94. The van der Waals surface area contributed by atoms with E-state index in [4.69, 9.17) is 4.74 Å². The number of piperidine rings is 1. The molecule has 1 unspecified atom stereocenters. The normalized spacial score (nSPS) is 17.4. The molecule has 1 N–H and O–H groups in total. The zero-order valence-corrected chi connectivity index (χ0v) is 14.0. The molecule has 24 heavy (non-hydrogen) atoms. The summed E-state index contributed by atoms with van der Waals surface area (Å²) in [5.74, 6) is 1.29. The first-order valence-corrected chi connectivity index (χ1v) is 8.16. The summed E-state index contributed by atoms with van der Waals surface area (Å²) in [6.07, 6.45) is 3.57. The molecule has 1 fully saturated rings. The zero-order valence-electron chi connectivity index (χ0n) is 14.0. The van der Waals surface area contributed by atoms with Crippen molar-refractivity contribution in [1.82, 2.24) is 9.97 Å². The van der Waals surface area contributed by atoms with Crippen LogP contribution in [0.4, 0.5) is 11.6 Å². The Morgan fingerprint density at radius 2 is 2.17 bits per heavy atom. The van der Waals surface area contributed by atoms with Crippen molar-refractivity contribution in [2.75, 3.05) is 30.4 Å². The number of para-hydroxylation sites is 2. The predicted molar refractivity (Wildman–Crippen MR) is 93.3 cm³/mol. The average Bonchev–Trinajstić information content (AvgIpc) is 2.62. The van der Waals surface area contributed by atoms with E-state index in [1.165, 1.54) is 0 Å². The van der Waals surface area contributed by atoms with Crippen LogP contribution in [0.25, 0.3) is 0 Å². The Kier molecular flexibility index (Phi) is 4.93. The minimum absolute atomic E-state index is 0.0110. The first-order valence-electron chi connectivity index (χ1n) is 8.16. The van der Waals surface area contributed by atoms with E-state index < -0.39 is 0 Å². The summed E-state index contributed by atoms with van der Waals surface area (Å²) in [5, 5.41) is 2.98. The van der Waals surface area contributed by atoms with Gasteiger partial charge in [-0.3, -0.25) is 4.79 Å². The monoisotopic (exact) mass is 326 g/mol. The lowest BCUT2D eigenvalue weighted by Gasteiger charge is -2.32. The van der Waals surface area contributed by atoms with E-state index >= 15 is 0 Å². The molecule has 1 aromatic carbocycles. The fourth-order valence-electron chi connectivity index (χ4n) is 2.94. The highest BCUT2D eigenvalue weighted by Crippen LogP contribution is 2.26. The third kappa shape index (κ3) is 3.64. The fourth-order valence-corrected chi connectivity index (χ4v) is 2.94. The molecule has 0 spiro atoms. The molecule has 1 aliphatic rings. The van der Waals surface area contributed by atoms with Gasteiger partial charge in [0, 0.05) is 25.0 Å². The van der Waals surface area contributed by atoms with Crippen molar-refractivity contribution in [3.63, 3.8) is 0 Å². The Labute approximate surface area is 141 Å². The van der Waals surface area contributed by atoms with E-state index in [9.17, 15) is 4.79 Å². The van der Waals surface area contributed by atoms with Crippen molar-refractivity contribution < 1.29 is 9.53 Å². The van der Waals surface area contributed by atoms with Crippen LogP contribution in [0.5, 0.6) is 5.75 Å². The molecule has 3 rings (SSSR count). The van der Waals surface area contributed by atoms with Gasteiger partial charge < -0.3 is 15.0 Å². The lowest BCUT2D eigenvalue weighted by molar-refractivity contribution is -0.120. The van der Waals surface area contributed by atoms with Crippen LogP contribution in [-0.4, -0.2) is 36.1 Å². The summed E-state index contributed by atoms with van der Waals surface area (Å²) in [6.45, 7) is 3.45. The number of hydrogen-bond donors (Lipinski definition) is 1. The zero-order chi connectivity index (χ0) is 16.9. The Balaban J connectivity index is 1.69. The van der Waals surface area contributed by atoms with Crippen molar-refractivity contribution >= 4 is 17.5 Å². The van der Waals surface area contributed by atoms with Gasteiger partial charge >= 0.3 is 0 Å². The summed E-state index contributed by atoms with van der Waals surface area (Å²) in [5.41, 5.74) is 1.63. The topological polar surface area (TPSA) is 67.3 Å².